The van der Waals surface area contributed by atoms with Gasteiger partial charge in [-0.3, -0.25) is 4.79 Å². The summed E-state index contributed by atoms with van der Waals surface area (Å²) < 4.78 is 1.05. The van der Waals surface area contributed by atoms with Crippen LogP contribution >= 0.6 is 11.3 Å². The van der Waals surface area contributed by atoms with E-state index >= 15 is 0 Å². The molecule has 0 spiro atoms. The van der Waals surface area contributed by atoms with Crippen LogP contribution in [0.4, 0.5) is 0 Å². The molecule has 0 fully saturated rings. The van der Waals surface area contributed by atoms with Gasteiger partial charge in [0.25, 0.3) is 5.91 Å². The Morgan fingerprint density at radius 3 is 2.68 bits per heavy atom. The Morgan fingerprint density at radius 2 is 1.95 bits per heavy atom. The molecule has 0 saturated carbocycles. The van der Waals surface area contributed by atoms with E-state index in [1.54, 1.807) is 11.3 Å². The third-order valence-electron chi connectivity index (χ3n) is 3.66. The number of carbonyl (C=O) groups is 1. The Morgan fingerprint density at radius 1 is 1.18 bits per heavy atom. The highest BCUT2D eigenvalue weighted by Crippen LogP contribution is 2.21. The molecule has 1 amide bonds. The highest BCUT2D eigenvalue weighted by molar-refractivity contribution is 7.16. The predicted octanol–water partition coefficient (Wildman–Crippen LogP) is 4.35. The summed E-state index contributed by atoms with van der Waals surface area (Å²) in [6.45, 7) is 4.72. The molecule has 3 aromatic rings. The van der Waals surface area contributed by atoms with Gasteiger partial charge in [0.05, 0.1) is 15.7 Å². The van der Waals surface area contributed by atoms with Gasteiger partial charge in [-0.2, -0.15) is 0 Å². The minimum absolute atomic E-state index is 0.0640. The molecule has 0 aliphatic rings. The van der Waals surface area contributed by atoms with Gasteiger partial charge in [-0.25, -0.2) is 4.98 Å². The third-order valence-corrected chi connectivity index (χ3v) is 4.45. The minimum atomic E-state index is 0.0640. The van der Waals surface area contributed by atoms with Crippen molar-refractivity contribution in [2.45, 2.75) is 26.4 Å². The number of hydrogen-bond donors (Lipinski definition) is 0. The maximum Gasteiger partial charge on any atom is 0.254 e. The van der Waals surface area contributed by atoms with Crippen LogP contribution in [0.3, 0.4) is 0 Å². The number of aromatic nitrogens is 1. The number of benzene rings is 2. The Kier molecular flexibility index (Phi) is 4.20. The van der Waals surface area contributed by atoms with Gasteiger partial charge in [-0.05, 0) is 37.6 Å². The molecule has 0 unspecified atom stereocenters. The zero-order chi connectivity index (χ0) is 15.5. The molecule has 1 heterocycles. The van der Waals surface area contributed by atoms with Gasteiger partial charge >= 0.3 is 0 Å². The van der Waals surface area contributed by atoms with Gasteiger partial charge in [0.2, 0.25) is 0 Å². The molecule has 0 N–H and O–H groups in total. The van der Waals surface area contributed by atoms with Crippen molar-refractivity contribution in [2.75, 3.05) is 0 Å². The van der Waals surface area contributed by atoms with Crippen LogP contribution < -0.4 is 0 Å². The summed E-state index contributed by atoms with van der Waals surface area (Å²) in [5, 5.41) is 0. The topological polar surface area (TPSA) is 33.2 Å². The molecule has 112 valence electrons. The second kappa shape index (κ2) is 6.28. The summed E-state index contributed by atoms with van der Waals surface area (Å²) in [7, 11) is 0. The van der Waals surface area contributed by atoms with Crippen molar-refractivity contribution in [1.82, 2.24) is 9.88 Å². The first-order valence-corrected chi connectivity index (χ1v) is 8.21. The largest absolute Gasteiger partial charge is 0.332 e. The van der Waals surface area contributed by atoms with E-state index in [9.17, 15) is 4.79 Å². The van der Waals surface area contributed by atoms with Crippen LogP contribution in [0.1, 0.15) is 29.8 Å². The van der Waals surface area contributed by atoms with E-state index in [0.29, 0.717) is 6.54 Å². The van der Waals surface area contributed by atoms with Crippen molar-refractivity contribution in [3.05, 3.63) is 65.2 Å². The Hall–Kier alpha value is -2.20. The molecular formula is C18H18N2OS. The standard InChI is InChI=1S/C18H18N2OS/c1-13(2)20(11-14-6-4-3-5-7-14)18(21)15-8-9-16-17(10-15)22-12-19-16/h3-10,12-13H,11H2,1-2H3. The first kappa shape index (κ1) is 14.7. The number of hydrogen-bond acceptors (Lipinski definition) is 3. The molecule has 0 radical (unpaired) electrons. The first-order valence-electron chi connectivity index (χ1n) is 7.33. The van der Waals surface area contributed by atoms with Crippen molar-refractivity contribution in [3.8, 4) is 0 Å². The highest BCUT2D eigenvalue weighted by Gasteiger charge is 2.19. The molecule has 0 saturated heterocycles. The lowest BCUT2D eigenvalue weighted by Gasteiger charge is -2.27. The summed E-state index contributed by atoms with van der Waals surface area (Å²) in [5.74, 6) is 0.0640. The summed E-state index contributed by atoms with van der Waals surface area (Å²) in [6.07, 6.45) is 0. The molecule has 4 heteroatoms. The normalized spacial score (nSPS) is 11.0. The Balaban J connectivity index is 1.88. The Labute approximate surface area is 134 Å². The Bertz CT molecular complexity index is 780. The van der Waals surface area contributed by atoms with E-state index in [4.69, 9.17) is 0 Å². The number of rotatable bonds is 4. The van der Waals surface area contributed by atoms with Crippen LogP contribution in [0.25, 0.3) is 10.2 Å². The average molecular weight is 310 g/mol. The van der Waals surface area contributed by atoms with E-state index in [0.717, 1.165) is 21.3 Å². The van der Waals surface area contributed by atoms with Gasteiger partial charge in [0, 0.05) is 18.2 Å². The van der Waals surface area contributed by atoms with Crippen molar-refractivity contribution in [2.24, 2.45) is 0 Å². The van der Waals surface area contributed by atoms with E-state index in [1.165, 1.54) is 0 Å². The molecule has 3 rings (SSSR count). The zero-order valence-electron chi connectivity index (χ0n) is 12.7. The minimum Gasteiger partial charge on any atom is -0.332 e. The summed E-state index contributed by atoms with van der Waals surface area (Å²) >= 11 is 1.56. The van der Waals surface area contributed by atoms with Gasteiger partial charge in [-0.1, -0.05) is 30.3 Å². The van der Waals surface area contributed by atoms with Gasteiger partial charge in [-0.15, -0.1) is 11.3 Å². The van der Waals surface area contributed by atoms with Crippen molar-refractivity contribution in [1.29, 1.82) is 0 Å². The summed E-state index contributed by atoms with van der Waals surface area (Å²) in [5.41, 5.74) is 4.62. The fourth-order valence-corrected chi connectivity index (χ4v) is 3.14. The van der Waals surface area contributed by atoms with Crippen LogP contribution in [0.15, 0.2) is 54.0 Å². The van der Waals surface area contributed by atoms with Crippen LogP contribution in [-0.2, 0) is 6.54 Å². The second-order valence-electron chi connectivity index (χ2n) is 5.55. The number of amides is 1. The molecule has 0 atom stereocenters. The van der Waals surface area contributed by atoms with Crippen molar-refractivity contribution < 1.29 is 4.79 Å². The molecule has 0 bridgehead atoms. The molecule has 22 heavy (non-hydrogen) atoms. The van der Waals surface area contributed by atoms with Crippen LogP contribution in [0.2, 0.25) is 0 Å². The molecule has 1 aromatic heterocycles. The summed E-state index contributed by atoms with van der Waals surface area (Å²) in [4.78, 5) is 19.0. The monoisotopic (exact) mass is 310 g/mol. The lowest BCUT2D eigenvalue weighted by molar-refractivity contribution is 0.0690. The lowest BCUT2D eigenvalue weighted by Crippen LogP contribution is -2.36. The number of thiazole rings is 1. The van der Waals surface area contributed by atoms with Gasteiger partial charge in [0.1, 0.15) is 0 Å². The second-order valence-corrected chi connectivity index (χ2v) is 6.43. The lowest BCUT2D eigenvalue weighted by atomic mass is 10.1. The maximum atomic E-state index is 12.9. The SMILES string of the molecule is CC(C)N(Cc1ccccc1)C(=O)c1ccc2ncsc2c1. The smallest absolute Gasteiger partial charge is 0.254 e. The molecule has 0 aliphatic carbocycles. The fourth-order valence-electron chi connectivity index (χ4n) is 2.42. The molecule has 0 aliphatic heterocycles. The number of fused-ring (bicyclic) bond motifs is 1. The maximum absolute atomic E-state index is 12.9. The predicted molar refractivity (Wildman–Crippen MR) is 91.1 cm³/mol. The van der Waals surface area contributed by atoms with E-state index < -0.39 is 0 Å². The summed E-state index contributed by atoms with van der Waals surface area (Å²) in [6, 6.07) is 16.0. The van der Waals surface area contributed by atoms with Gasteiger partial charge in [0.15, 0.2) is 0 Å². The fraction of sp³-hybridized carbons (Fsp3) is 0.222. The van der Waals surface area contributed by atoms with Crippen LogP contribution in [-0.4, -0.2) is 21.8 Å². The van der Waals surface area contributed by atoms with Crippen molar-refractivity contribution in [3.63, 3.8) is 0 Å². The number of nitrogens with zero attached hydrogens (tertiary/aromatic N) is 2. The molecule has 3 nitrogen and oxygen atoms in total. The highest BCUT2D eigenvalue weighted by atomic mass is 32.1. The van der Waals surface area contributed by atoms with E-state index in [1.807, 2.05) is 60.7 Å². The van der Waals surface area contributed by atoms with Crippen LogP contribution in [0.5, 0.6) is 0 Å². The van der Waals surface area contributed by atoms with Gasteiger partial charge < -0.3 is 4.90 Å². The number of carbonyl (C=O) groups excluding carboxylic acids is 1. The van der Waals surface area contributed by atoms with Crippen LogP contribution in [0, 0.1) is 0 Å². The molecule has 2 aromatic carbocycles. The molecular weight excluding hydrogens is 292 g/mol. The quantitative estimate of drug-likeness (QED) is 0.718. The van der Waals surface area contributed by atoms with E-state index in [-0.39, 0.29) is 11.9 Å². The van der Waals surface area contributed by atoms with Crippen molar-refractivity contribution >= 4 is 27.5 Å². The average Bonchev–Trinajstić information content (AvgIpc) is 3.00. The third kappa shape index (κ3) is 3.02. The first-order chi connectivity index (χ1) is 10.6. The van der Waals surface area contributed by atoms with E-state index in [2.05, 4.69) is 17.1 Å². The zero-order valence-corrected chi connectivity index (χ0v) is 13.5.